The number of thiazole rings is 1. The minimum atomic E-state index is -0.598. The Bertz CT molecular complexity index is 1500. The molecule has 31 heavy (non-hydrogen) atoms. The highest BCUT2D eigenvalue weighted by molar-refractivity contribution is 7.73. The van der Waals surface area contributed by atoms with E-state index >= 15 is 0 Å². The summed E-state index contributed by atoms with van der Waals surface area (Å²) in [5.74, 6) is -0.417. The first-order valence-electron chi connectivity index (χ1n) is 9.66. The van der Waals surface area contributed by atoms with Crippen LogP contribution in [0.1, 0.15) is 29.1 Å². The molecule has 0 amide bonds. The molecule has 3 heterocycles. The molecular formula is C21H21N3O4S3. The van der Waals surface area contributed by atoms with E-state index in [2.05, 4.69) is 0 Å². The summed E-state index contributed by atoms with van der Waals surface area (Å²) < 4.78 is 11.3. The van der Waals surface area contributed by atoms with Crippen LogP contribution < -0.4 is 11.2 Å². The van der Waals surface area contributed by atoms with Gasteiger partial charge in [-0.2, -0.15) is 0 Å². The molecule has 0 atom stereocenters. The van der Waals surface area contributed by atoms with Gasteiger partial charge in [0.15, 0.2) is 3.95 Å². The van der Waals surface area contributed by atoms with Crippen molar-refractivity contribution >= 4 is 61.3 Å². The van der Waals surface area contributed by atoms with Gasteiger partial charge in [0.2, 0.25) is 0 Å². The molecule has 0 unspecified atom stereocenters. The van der Waals surface area contributed by atoms with Gasteiger partial charge in [-0.05, 0) is 30.3 Å². The Kier molecular flexibility index (Phi) is 5.71. The topological polar surface area (TPSA) is 75.2 Å². The van der Waals surface area contributed by atoms with E-state index in [-0.39, 0.29) is 16.9 Å². The first kappa shape index (κ1) is 21.7. The molecule has 0 fully saturated rings. The number of rotatable bonds is 5. The molecule has 4 aromatic rings. The number of hydrogen-bond acceptors (Lipinski definition) is 7. The lowest BCUT2D eigenvalue weighted by Crippen LogP contribution is -2.38. The SMILES string of the molecule is COC(=O)c1c(Cn2c(=S)sc3ccccc32)sc2c1c(=O)n(C)c(=O)n2CC(C)C. The van der Waals surface area contributed by atoms with Crippen molar-refractivity contribution in [2.75, 3.05) is 7.11 Å². The molecular weight excluding hydrogens is 454 g/mol. The standard InChI is InChI=1S/C21H21N3O4S3/c1-11(2)9-24-18-16(17(25)22(3)20(24)27)15(19(26)28-4)14(30-18)10-23-12-7-5-6-8-13(12)31-21(23)29/h5-8,11H,9-10H2,1-4H3. The molecule has 3 aromatic heterocycles. The number of esters is 1. The van der Waals surface area contributed by atoms with Gasteiger partial charge in [-0.3, -0.25) is 13.9 Å². The fraction of sp³-hybridized carbons (Fsp3) is 0.333. The zero-order chi connectivity index (χ0) is 22.4. The number of carbonyl (C=O) groups excluding carboxylic acids is 1. The van der Waals surface area contributed by atoms with Crippen LogP contribution in [-0.4, -0.2) is 26.8 Å². The molecule has 0 aliphatic carbocycles. The summed E-state index contributed by atoms with van der Waals surface area (Å²) >= 11 is 8.33. The maximum absolute atomic E-state index is 13.0. The monoisotopic (exact) mass is 475 g/mol. The molecule has 7 nitrogen and oxygen atoms in total. The third kappa shape index (κ3) is 3.58. The summed E-state index contributed by atoms with van der Waals surface area (Å²) in [5, 5.41) is 0.223. The Hall–Kier alpha value is -2.56. The van der Waals surface area contributed by atoms with Gasteiger partial charge >= 0.3 is 11.7 Å². The highest BCUT2D eigenvalue weighted by atomic mass is 32.1. The predicted octanol–water partition coefficient (Wildman–Crippen LogP) is 4.00. The number of benzene rings is 1. The number of hydrogen-bond donors (Lipinski definition) is 0. The van der Waals surface area contributed by atoms with Gasteiger partial charge in [0.05, 0.1) is 34.8 Å². The summed E-state index contributed by atoms with van der Waals surface area (Å²) in [5.41, 5.74) is 0.269. The Morgan fingerprint density at radius 1 is 1.16 bits per heavy atom. The lowest BCUT2D eigenvalue weighted by Gasteiger charge is -2.11. The molecule has 162 valence electrons. The normalized spacial score (nSPS) is 11.6. The predicted molar refractivity (Wildman–Crippen MR) is 127 cm³/mol. The summed E-state index contributed by atoms with van der Waals surface area (Å²) in [6.07, 6.45) is 0. The van der Waals surface area contributed by atoms with E-state index in [0.717, 1.165) is 14.8 Å². The van der Waals surface area contributed by atoms with Crippen LogP contribution in [0.5, 0.6) is 0 Å². The second-order valence-corrected chi connectivity index (χ2v) is 10.4. The Balaban J connectivity index is 2.05. The zero-order valence-corrected chi connectivity index (χ0v) is 19.9. The first-order valence-corrected chi connectivity index (χ1v) is 11.7. The van der Waals surface area contributed by atoms with Gasteiger partial charge in [-0.15, -0.1) is 22.7 Å². The molecule has 0 radical (unpaired) electrons. The van der Waals surface area contributed by atoms with E-state index in [4.69, 9.17) is 17.0 Å². The highest BCUT2D eigenvalue weighted by Gasteiger charge is 2.26. The largest absolute Gasteiger partial charge is 0.465 e. The summed E-state index contributed by atoms with van der Waals surface area (Å²) in [6, 6.07) is 7.85. The number of carbonyl (C=O) groups is 1. The van der Waals surface area contributed by atoms with Crippen molar-refractivity contribution in [2.24, 2.45) is 13.0 Å². The van der Waals surface area contributed by atoms with Gasteiger partial charge in [0.1, 0.15) is 4.83 Å². The quantitative estimate of drug-likeness (QED) is 0.322. The van der Waals surface area contributed by atoms with Gasteiger partial charge < -0.3 is 9.30 Å². The summed E-state index contributed by atoms with van der Waals surface area (Å²) in [4.78, 5) is 39.8. The lowest BCUT2D eigenvalue weighted by molar-refractivity contribution is 0.0602. The van der Waals surface area contributed by atoms with Crippen LogP contribution in [0.3, 0.4) is 0 Å². The molecule has 10 heteroatoms. The molecule has 0 saturated heterocycles. The van der Waals surface area contributed by atoms with Crippen molar-refractivity contribution < 1.29 is 9.53 Å². The molecule has 0 aliphatic rings. The van der Waals surface area contributed by atoms with Crippen LogP contribution in [0.15, 0.2) is 33.9 Å². The summed E-state index contributed by atoms with van der Waals surface area (Å²) in [7, 11) is 2.72. The third-order valence-electron chi connectivity index (χ3n) is 5.06. The van der Waals surface area contributed by atoms with Crippen LogP contribution >= 0.6 is 34.9 Å². The van der Waals surface area contributed by atoms with Crippen LogP contribution in [0.2, 0.25) is 0 Å². The van der Waals surface area contributed by atoms with E-state index < -0.39 is 17.2 Å². The van der Waals surface area contributed by atoms with Gasteiger partial charge in [-0.1, -0.05) is 26.0 Å². The van der Waals surface area contributed by atoms with E-state index in [1.54, 1.807) is 4.57 Å². The fourth-order valence-electron chi connectivity index (χ4n) is 3.64. The van der Waals surface area contributed by atoms with Gasteiger partial charge in [-0.25, -0.2) is 9.59 Å². The molecule has 0 bridgehead atoms. The smallest absolute Gasteiger partial charge is 0.339 e. The van der Waals surface area contributed by atoms with Crippen LogP contribution in [0.25, 0.3) is 20.4 Å². The number of thiophene rings is 1. The van der Waals surface area contributed by atoms with Crippen molar-refractivity contribution in [3.63, 3.8) is 0 Å². The third-order valence-corrected chi connectivity index (χ3v) is 7.68. The number of methoxy groups -OCH3 is 1. The van der Waals surface area contributed by atoms with Crippen LogP contribution in [-0.2, 0) is 24.9 Å². The van der Waals surface area contributed by atoms with Crippen molar-refractivity contribution in [3.8, 4) is 0 Å². The van der Waals surface area contributed by atoms with Crippen LogP contribution in [0, 0.1) is 9.87 Å². The van der Waals surface area contributed by atoms with E-state index in [1.807, 2.05) is 42.7 Å². The first-order chi connectivity index (χ1) is 14.7. The van der Waals surface area contributed by atoms with Gasteiger partial charge in [0.25, 0.3) is 5.56 Å². The molecule has 0 N–H and O–H groups in total. The Labute approximate surface area is 190 Å². The Morgan fingerprint density at radius 3 is 2.55 bits per heavy atom. The number of para-hydroxylation sites is 1. The minimum Gasteiger partial charge on any atom is -0.465 e. The number of fused-ring (bicyclic) bond motifs is 2. The fourth-order valence-corrected chi connectivity index (χ4v) is 6.23. The average molecular weight is 476 g/mol. The van der Waals surface area contributed by atoms with Crippen LogP contribution in [0.4, 0.5) is 0 Å². The highest BCUT2D eigenvalue weighted by Crippen LogP contribution is 2.32. The molecule has 0 aliphatic heterocycles. The maximum atomic E-state index is 13.0. The number of aromatic nitrogens is 3. The average Bonchev–Trinajstić information content (AvgIpc) is 3.27. The van der Waals surface area contributed by atoms with E-state index in [9.17, 15) is 14.4 Å². The second kappa shape index (κ2) is 8.18. The maximum Gasteiger partial charge on any atom is 0.339 e. The van der Waals surface area contributed by atoms with E-state index in [0.29, 0.717) is 26.8 Å². The van der Waals surface area contributed by atoms with Gasteiger partial charge in [0, 0.05) is 18.5 Å². The summed E-state index contributed by atoms with van der Waals surface area (Å²) in [6.45, 7) is 4.74. The second-order valence-electron chi connectivity index (χ2n) is 7.65. The lowest BCUT2D eigenvalue weighted by atomic mass is 10.1. The van der Waals surface area contributed by atoms with Crippen molar-refractivity contribution in [1.29, 1.82) is 0 Å². The van der Waals surface area contributed by atoms with Crippen molar-refractivity contribution in [1.82, 2.24) is 13.7 Å². The molecule has 0 spiro atoms. The van der Waals surface area contributed by atoms with E-state index in [1.165, 1.54) is 36.8 Å². The Morgan fingerprint density at radius 2 is 1.87 bits per heavy atom. The molecule has 1 aromatic carbocycles. The number of nitrogens with zero attached hydrogens (tertiary/aromatic N) is 3. The zero-order valence-electron chi connectivity index (χ0n) is 17.5. The van der Waals surface area contributed by atoms with Crippen molar-refractivity contribution in [3.05, 3.63) is 59.5 Å². The molecule has 4 rings (SSSR count). The molecule has 0 saturated carbocycles. The van der Waals surface area contributed by atoms with Crippen molar-refractivity contribution in [2.45, 2.75) is 26.9 Å². The minimum absolute atomic E-state index is 0.181. The number of ether oxygens (including phenoxy) is 1.